The zero-order valence-electron chi connectivity index (χ0n) is 7.37. The molecule has 1 atom stereocenters. The maximum atomic E-state index is 10.6. The van der Waals surface area contributed by atoms with E-state index in [9.17, 15) is 9.59 Å². The molecule has 0 aromatic carbocycles. The molecule has 0 saturated carbocycles. The van der Waals surface area contributed by atoms with Crippen LogP contribution in [0.3, 0.4) is 0 Å². The lowest BCUT2D eigenvalue weighted by Gasteiger charge is -2.04. The van der Waals surface area contributed by atoms with Crippen LogP contribution < -0.4 is 0 Å². The Morgan fingerprint density at radius 2 is 2.00 bits per heavy atom. The van der Waals surface area contributed by atoms with Crippen molar-refractivity contribution >= 4 is 11.9 Å². The summed E-state index contributed by atoms with van der Waals surface area (Å²) in [6, 6.07) is 0. The van der Waals surface area contributed by atoms with Crippen LogP contribution in [-0.2, 0) is 19.1 Å². The minimum atomic E-state index is -0.464. The molecule has 0 aliphatic carbocycles. The number of ether oxygens (including phenoxy) is 2. The Balaban J connectivity index is 3.82. The largest absolute Gasteiger partial charge is 0.466 e. The first-order valence-corrected chi connectivity index (χ1v) is 3.49. The molecule has 0 aromatic rings. The lowest BCUT2D eigenvalue weighted by Crippen LogP contribution is -2.09. The van der Waals surface area contributed by atoms with Gasteiger partial charge < -0.3 is 9.47 Å². The summed E-state index contributed by atoms with van der Waals surface area (Å²) in [6.07, 6.45) is 2.27. The van der Waals surface area contributed by atoms with E-state index in [4.69, 9.17) is 4.74 Å². The number of carbonyl (C=O) groups is 2. The van der Waals surface area contributed by atoms with Gasteiger partial charge in [-0.2, -0.15) is 0 Å². The van der Waals surface area contributed by atoms with E-state index < -0.39 is 12.1 Å². The number of rotatable bonds is 3. The van der Waals surface area contributed by atoms with Crippen LogP contribution in [0.5, 0.6) is 0 Å². The number of carbonyl (C=O) groups excluding carboxylic acids is 2. The second-order valence-electron chi connectivity index (χ2n) is 2.20. The quantitative estimate of drug-likeness (QED) is 0.463. The highest BCUT2D eigenvalue weighted by Gasteiger charge is 2.00. The van der Waals surface area contributed by atoms with Crippen molar-refractivity contribution in [2.45, 2.75) is 20.0 Å². The summed E-state index contributed by atoms with van der Waals surface area (Å²) in [5.74, 6) is -0.842. The van der Waals surface area contributed by atoms with Crippen LogP contribution in [0, 0.1) is 0 Å². The molecule has 0 rings (SSSR count). The van der Waals surface area contributed by atoms with Gasteiger partial charge in [0.15, 0.2) is 0 Å². The highest BCUT2D eigenvalue weighted by molar-refractivity contribution is 5.81. The van der Waals surface area contributed by atoms with E-state index in [0.29, 0.717) is 0 Å². The molecule has 0 aliphatic rings. The first-order chi connectivity index (χ1) is 5.56. The molecule has 0 saturated heterocycles. The van der Waals surface area contributed by atoms with E-state index in [1.54, 1.807) is 6.92 Å². The average molecular weight is 172 g/mol. The van der Waals surface area contributed by atoms with Crippen LogP contribution in [0.4, 0.5) is 0 Å². The predicted octanol–water partition coefficient (Wildman–Crippen LogP) is 0.667. The Labute approximate surface area is 71.2 Å². The van der Waals surface area contributed by atoms with Crippen molar-refractivity contribution in [3.8, 4) is 0 Å². The van der Waals surface area contributed by atoms with Crippen molar-refractivity contribution < 1.29 is 19.1 Å². The molecule has 12 heavy (non-hydrogen) atoms. The van der Waals surface area contributed by atoms with E-state index in [0.717, 1.165) is 0 Å². The summed E-state index contributed by atoms with van der Waals surface area (Å²) >= 11 is 0. The first kappa shape index (κ1) is 10.7. The molecule has 0 aromatic heterocycles. The van der Waals surface area contributed by atoms with Gasteiger partial charge in [0.25, 0.3) is 0 Å². The van der Waals surface area contributed by atoms with E-state index >= 15 is 0 Å². The molecule has 0 N–H and O–H groups in total. The Morgan fingerprint density at radius 3 is 2.42 bits per heavy atom. The second-order valence-corrected chi connectivity index (χ2v) is 2.20. The first-order valence-electron chi connectivity index (χ1n) is 3.49. The van der Waals surface area contributed by atoms with Gasteiger partial charge in [-0.05, 0) is 13.0 Å². The van der Waals surface area contributed by atoms with Crippen molar-refractivity contribution in [1.82, 2.24) is 0 Å². The lowest BCUT2D eigenvalue weighted by molar-refractivity contribution is -0.143. The number of hydrogen-bond acceptors (Lipinski definition) is 4. The molecule has 0 fully saturated rings. The van der Waals surface area contributed by atoms with Gasteiger partial charge in [-0.15, -0.1) is 0 Å². The van der Waals surface area contributed by atoms with Gasteiger partial charge in [0.05, 0.1) is 7.11 Å². The molecule has 0 bridgehead atoms. The summed E-state index contributed by atoms with van der Waals surface area (Å²) in [4.78, 5) is 20.9. The van der Waals surface area contributed by atoms with Crippen molar-refractivity contribution in [2.24, 2.45) is 0 Å². The maximum absolute atomic E-state index is 10.6. The molecular weight excluding hydrogens is 160 g/mol. The van der Waals surface area contributed by atoms with Crippen molar-refractivity contribution in [2.75, 3.05) is 7.11 Å². The Bertz CT molecular complexity index is 195. The molecule has 4 heteroatoms. The SMILES string of the molecule is COC(=O)/C=C/[C@H](C)OC(C)=O. The molecule has 0 aliphatic heterocycles. The summed E-state index contributed by atoms with van der Waals surface area (Å²) in [7, 11) is 1.28. The molecule has 0 radical (unpaired) electrons. The number of esters is 2. The van der Waals surface area contributed by atoms with Gasteiger partial charge in [0.2, 0.25) is 0 Å². The van der Waals surface area contributed by atoms with Crippen LogP contribution in [0.25, 0.3) is 0 Å². The zero-order chi connectivity index (χ0) is 9.56. The summed E-state index contributed by atoms with van der Waals surface area (Å²) in [5.41, 5.74) is 0. The summed E-state index contributed by atoms with van der Waals surface area (Å²) < 4.78 is 9.05. The standard InChI is InChI=1S/C8H12O4/c1-6(12-7(2)9)4-5-8(10)11-3/h4-6H,1-3H3/b5-4+/t6-/m0/s1. The zero-order valence-corrected chi connectivity index (χ0v) is 7.37. The number of hydrogen-bond donors (Lipinski definition) is 0. The average Bonchev–Trinajstić information content (AvgIpc) is 1.99. The van der Waals surface area contributed by atoms with Crippen LogP contribution >= 0.6 is 0 Å². The third-order valence-electron chi connectivity index (χ3n) is 1.06. The van der Waals surface area contributed by atoms with E-state index in [1.165, 1.54) is 26.2 Å². The van der Waals surface area contributed by atoms with Crippen LogP contribution in [0.15, 0.2) is 12.2 Å². The molecule has 0 heterocycles. The van der Waals surface area contributed by atoms with Crippen LogP contribution in [0.1, 0.15) is 13.8 Å². The summed E-state index contributed by atoms with van der Waals surface area (Å²) in [6.45, 7) is 2.96. The highest BCUT2D eigenvalue weighted by atomic mass is 16.5. The fourth-order valence-corrected chi connectivity index (χ4v) is 0.583. The smallest absolute Gasteiger partial charge is 0.330 e. The third kappa shape index (κ3) is 5.46. The van der Waals surface area contributed by atoms with Crippen LogP contribution in [-0.4, -0.2) is 25.2 Å². The monoisotopic (exact) mass is 172 g/mol. The van der Waals surface area contributed by atoms with Crippen molar-refractivity contribution in [3.05, 3.63) is 12.2 Å². The van der Waals surface area contributed by atoms with Gasteiger partial charge in [0, 0.05) is 13.0 Å². The predicted molar refractivity (Wildman–Crippen MR) is 42.4 cm³/mol. The van der Waals surface area contributed by atoms with Crippen LogP contribution in [0.2, 0.25) is 0 Å². The molecular formula is C8H12O4. The maximum Gasteiger partial charge on any atom is 0.330 e. The van der Waals surface area contributed by atoms with Crippen molar-refractivity contribution in [1.29, 1.82) is 0 Å². The van der Waals surface area contributed by atoms with Gasteiger partial charge >= 0.3 is 11.9 Å². The van der Waals surface area contributed by atoms with Gasteiger partial charge in [-0.1, -0.05) is 0 Å². The number of methoxy groups -OCH3 is 1. The Kier molecular flexibility index (Phi) is 4.76. The van der Waals surface area contributed by atoms with E-state index in [1.807, 2.05) is 0 Å². The molecule has 0 unspecified atom stereocenters. The van der Waals surface area contributed by atoms with Gasteiger partial charge in [0.1, 0.15) is 6.10 Å². The lowest BCUT2D eigenvalue weighted by atomic mass is 10.3. The minimum Gasteiger partial charge on any atom is -0.466 e. The topological polar surface area (TPSA) is 52.6 Å². The highest BCUT2D eigenvalue weighted by Crippen LogP contribution is 1.93. The second kappa shape index (κ2) is 5.35. The summed E-state index contributed by atoms with van der Waals surface area (Å²) in [5, 5.41) is 0. The van der Waals surface area contributed by atoms with Gasteiger partial charge in [-0.3, -0.25) is 4.79 Å². The third-order valence-corrected chi connectivity index (χ3v) is 1.06. The van der Waals surface area contributed by atoms with Crippen molar-refractivity contribution in [3.63, 3.8) is 0 Å². The Hall–Kier alpha value is -1.32. The Morgan fingerprint density at radius 1 is 1.42 bits per heavy atom. The molecule has 4 nitrogen and oxygen atoms in total. The molecule has 68 valence electrons. The minimum absolute atomic E-state index is 0.378. The van der Waals surface area contributed by atoms with E-state index in [-0.39, 0.29) is 5.97 Å². The fourth-order valence-electron chi connectivity index (χ4n) is 0.583. The normalized spacial score (nSPS) is 12.6. The fraction of sp³-hybridized carbons (Fsp3) is 0.500. The van der Waals surface area contributed by atoms with E-state index in [2.05, 4.69) is 4.74 Å². The molecule has 0 spiro atoms. The van der Waals surface area contributed by atoms with Gasteiger partial charge in [-0.25, -0.2) is 4.79 Å². The molecule has 0 amide bonds.